The van der Waals surface area contributed by atoms with Gasteiger partial charge in [0.1, 0.15) is 0 Å². The van der Waals surface area contributed by atoms with Gasteiger partial charge in [0, 0.05) is 10.9 Å². The third-order valence-electron chi connectivity index (χ3n) is 12.2. The van der Waals surface area contributed by atoms with Crippen molar-refractivity contribution in [3.05, 3.63) is 235 Å². The van der Waals surface area contributed by atoms with E-state index in [1.165, 1.54) is 81.7 Å². The van der Waals surface area contributed by atoms with Gasteiger partial charge in [-0.1, -0.05) is 176 Å². The van der Waals surface area contributed by atoms with Crippen molar-refractivity contribution in [2.75, 3.05) is 0 Å². The zero-order valence-corrected chi connectivity index (χ0v) is 32.8. The highest BCUT2D eigenvalue weighted by Gasteiger charge is 2.20. The van der Waals surface area contributed by atoms with Crippen LogP contribution >= 0.6 is 0 Å². The maximum atomic E-state index is 4.97. The van der Waals surface area contributed by atoms with Crippen LogP contribution in [0.4, 0.5) is 0 Å². The van der Waals surface area contributed by atoms with Gasteiger partial charge in [0.05, 0.1) is 11.2 Å². The van der Waals surface area contributed by atoms with E-state index in [2.05, 4.69) is 207 Å². The van der Waals surface area contributed by atoms with Crippen LogP contribution in [0.2, 0.25) is 0 Å². The van der Waals surface area contributed by atoms with Crippen molar-refractivity contribution in [3.8, 4) is 22.4 Å². The zero-order chi connectivity index (χ0) is 39.5. The number of aromatic nitrogens is 1. The third kappa shape index (κ3) is 5.90. The highest BCUT2D eigenvalue weighted by molar-refractivity contribution is 6.18. The lowest BCUT2D eigenvalue weighted by Crippen LogP contribution is -1.98. The molecule has 1 nitrogen and oxygen atoms in total. The first-order valence-corrected chi connectivity index (χ1v) is 20.3. The molecule has 0 aliphatic heterocycles. The van der Waals surface area contributed by atoms with E-state index >= 15 is 0 Å². The van der Waals surface area contributed by atoms with Gasteiger partial charge in [0.15, 0.2) is 0 Å². The van der Waals surface area contributed by atoms with Gasteiger partial charge in [0.2, 0.25) is 0 Å². The predicted molar refractivity (Wildman–Crippen MR) is 254 cm³/mol. The second-order valence-electron chi connectivity index (χ2n) is 15.6. The monoisotopic (exact) mass is 749 g/mol. The van der Waals surface area contributed by atoms with Crippen molar-refractivity contribution >= 4 is 75.9 Å². The van der Waals surface area contributed by atoms with Crippen molar-refractivity contribution in [3.63, 3.8) is 0 Å². The number of hydrogen-bond donors (Lipinski definition) is 0. The topological polar surface area (TPSA) is 12.9 Å². The van der Waals surface area contributed by atoms with Crippen LogP contribution < -0.4 is 0 Å². The molecule has 276 valence electrons. The summed E-state index contributed by atoms with van der Waals surface area (Å²) in [6, 6.07) is 72.5. The fraction of sp³-hybridized carbons (Fsp3) is 0.0172. The molecule has 0 fully saturated rings. The van der Waals surface area contributed by atoms with Crippen LogP contribution in [0.5, 0.6) is 0 Å². The molecule has 0 amide bonds. The molecule has 0 saturated heterocycles. The first-order valence-electron chi connectivity index (χ1n) is 20.3. The van der Waals surface area contributed by atoms with Crippen LogP contribution in [0.3, 0.4) is 0 Å². The highest BCUT2D eigenvalue weighted by atomic mass is 14.7. The van der Waals surface area contributed by atoms with E-state index in [1.54, 1.807) is 0 Å². The number of para-hydroxylation sites is 1. The largest absolute Gasteiger partial charge is 0.248 e. The molecule has 0 saturated carbocycles. The number of fused-ring (bicyclic) bond motifs is 8. The Labute approximate surface area is 343 Å². The molecule has 1 heteroatoms. The van der Waals surface area contributed by atoms with Crippen molar-refractivity contribution in [2.45, 2.75) is 6.92 Å². The maximum Gasteiger partial charge on any atom is 0.0709 e. The van der Waals surface area contributed by atoms with Gasteiger partial charge < -0.3 is 0 Å². The first-order chi connectivity index (χ1) is 29.1. The molecular formula is C58H39N. The Kier molecular flexibility index (Phi) is 8.27. The Morgan fingerprint density at radius 2 is 0.932 bits per heavy atom. The van der Waals surface area contributed by atoms with Gasteiger partial charge in [0.25, 0.3) is 0 Å². The quantitative estimate of drug-likeness (QED) is 0.122. The molecule has 1 aromatic heterocycles. The average Bonchev–Trinajstić information content (AvgIpc) is 3.30. The summed E-state index contributed by atoms with van der Waals surface area (Å²) in [5, 5.41) is 13.6. The molecule has 0 aliphatic rings. The second kappa shape index (κ2) is 14.1. The molecule has 1 heterocycles. The van der Waals surface area contributed by atoms with Crippen LogP contribution in [0.15, 0.2) is 213 Å². The molecule has 0 bridgehead atoms. The van der Waals surface area contributed by atoms with Gasteiger partial charge in [-0.3, -0.25) is 0 Å². The average molecular weight is 750 g/mol. The van der Waals surface area contributed by atoms with Gasteiger partial charge in [-0.2, -0.15) is 0 Å². The van der Waals surface area contributed by atoms with E-state index in [9.17, 15) is 0 Å². The number of benzene rings is 10. The molecule has 0 radical (unpaired) electrons. The minimum atomic E-state index is 0.945. The molecule has 0 N–H and O–H groups in total. The van der Waals surface area contributed by atoms with Crippen LogP contribution in [0, 0.1) is 6.92 Å². The highest BCUT2D eigenvalue weighted by Crippen LogP contribution is 2.44. The molecule has 59 heavy (non-hydrogen) atoms. The maximum absolute atomic E-state index is 4.97. The summed E-state index contributed by atoms with van der Waals surface area (Å²) in [6.07, 6.45) is 2.32. The number of rotatable bonds is 6. The molecule has 0 unspecified atom stereocenters. The zero-order valence-electron chi connectivity index (χ0n) is 32.8. The lowest BCUT2D eigenvalue weighted by molar-refractivity contribution is 1.40. The summed E-state index contributed by atoms with van der Waals surface area (Å²) in [4.78, 5) is 4.97. The fourth-order valence-electron chi connectivity index (χ4n) is 9.22. The number of aryl methyl sites for hydroxylation is 1. The van der Waals surface area contributed by atoms with Crippen molar-refractivity contribution in [2.24, 2.45) is 0 Å². The molecule has 0 atom stereocenters. The Morgan fingerprint density at radius 3 is 1.63 bits per heavy atom. The summed E-state index contributed by atoms with van der Waals surface area (Å²) in [6.45, 7) is 7.04. The van der Waals surface area contributed by atoms with Crippen LogP contribution in [0.25, 0.3) is 98.3 Å². The molecule has 10 aromatic carbocycles. The minimum absolute atomic E-state index is 0.945. The molecule has 0 aliphatic carbocycles. The molecule has 11 aromatic rings. The Balaban J connectivity index is 1.16. The van der Waals surface area contributed by atoms with Gasteiger partial charge >= 0.3 is 0 Å². The Bertz CT molecular complexity index is 3510. The molecule has 11 rings (SSSR count). The van der Waals surface area contributed by atoms with E-state index in [4.69, 9.17) is 11.6 Å². The van der Waals surface area contributed by atoms with Crippen LogP contribution in [0.1, 0.15) is 22.3 Å². The minimum Gasteiger partial charge on any atom is -0.248 e. The van der Waals surface area contributed by atoms with E-state index in [0.29, 0.717) is 0 Å². The molecular weight excluding hydrogens is 711 g/mol. The fourth-order valence-corrected chi connectivity index (χ4v) is 9.22. The number of allylic oxidation sites excluding steroid dienone is 2. The summed E-state index contributed by atoms with van der Waals surface area (Å²) in [7, 11) is 0. The van der Waals surface area contributed by atoms with Crippen molar-refractivity contribution < 1.29 is 0 Å². The van der Waals surface area contributed by atoms with Crippen molar-refractivity contribution in [1.29, 1.82) is 0 Å². The normalized spacial score (nSPS) is 12.0. The summed E-state index contributed by atoms with van der Waals surface area (Å²) in [5.74, 6) is 0. The van der Waals surface area contributed by atoms with Crippen LogP contribution in [-0.4, -0.2) is 4.98 Å². The van der Waals surface area contributed by atoms with E-state index in [0.717, 1.165) is 38.9 Å². The third-order valence-corrected chi connectivity index (χ3v) is 12.2. The number of hydrogen-bond acceptors (Lipinski definition) is 1. The smallest absolute Gasteiger partial charge is 0.0709 e. The van der Waals surface area contributed by atoms with E-state index in [1.807, 2.05) is 6.07 Å². The summed E-state index contributed by atoms with van der Waals surface area (Å²) < 4.78 is 0. The Morgan fingerprint density at radius 1 is 0.424 bits per heavy atom. The predicted octanol–water partition coefficient (Wildman–Crippen LogP) is 15.8. The van der Waals surface area contributed by atoms with Gasteiger partial charge in [-0.25, -0.2) is 4.98 Å². The van der Waals surface area contributed by atoms with Gasteiger partial charge in [-0.15, -0.1) is 0 Å². The van der Waals surface area contributed by atoms with Crippen molar-refractivity contribution in [1.82, 2.24) is 4.98 Å². The molecule has 0 spiro atoms. The van der Waals surface area contributed by atoms with E-state index in [-0.39, 0.29) is 0 Å². The van der Waals surface area contributed by atoms with Crippen LogP contribution in [-0.2, 0) is 0 Å². The lowest BCUT2D eigenvalue weighted by atomic mass is 9.82. The summed E-state index contributed by atoms with van der Waals surface area (Å²) in [5.41, 5.74) is 12.3. The Hall–Kier alpha value is -7.61. The summed E-state index contributed by atoms with van der Waals surface area (Å²) >= 11 is 0. The van der Waals surface area contributed by atoms with Gasteiger partial charge in [-0.05, 0) is 142 Å². The number of pyridine rings is 1. The second-order valence-corrected chi connectivity index (χ2v) is 15.6. The first kappa shape index (κ1) is 34.6. The number of nitrogens with zero attached hydrogens (tertiary/aromatic N) is 1. The van der Waals surface area contributed by atoms with E-state index < -0.39 is 0 Å². The standard InChI is InChI=1S/C58H39N/c1-37(39-27-29-41(30-28-39)58-32-31-40-15-5-14-26-57(40)59-58)33-53(54-34-42-16-3-6-19-45(42)48-22-10-12-24-50(48)54)52-36-56(47-21-9-8-18-44(47)38(52)2)55-35-43-17-4-7-20-46(43)49-23-11-13-25-51(49)55/h3-36H,1H2,2H3/b53-33+. The lowest BCUT2D eigenvalue weighted by Gasteiger charge is -2.21. The SMILES string of the molecule is C=C(/C=C(\c1cc(-c2cc3ccccc3c3ccccc23)c2ccccc2c1C)c1cc2ccccc2c2ccccc12)c1ccc(-c2ccc3ccccc3n2)cc1.